The molecule has 1 N–H and O–H groups in total. The Morgan fingerprint density at radius 2 is 1.00 bits per heavy atom. The van der Waals surface area contributed by atoms with Gasteiger partial charge in [-0.05, 0) is 25.9 Å². The van der Waals surface area contributed by atoms with Crippen molar-refractivity contribution in [1.82, 2.24) is 5.32 Å². The Bertz CT molecular complexity index is 359. The summed E-state index contributed by atoms with van der Waals surface area (Å²) in [4.78, 5) is 0. The van der Waals surface area contributed by atoms with Crippen LogP contribution in [0.5, 0.6) is 0 Å². The fourth-order valence-corrected chi connectivity index (χ4v) is 2.47. The Hall–Kier alpha value is -0.760. The van der Waals surface area contributed by atoms with Crippen LogP contribution in [0.3, 0.4) is 0 Å². The molecule has 0 aromatic carbocycles. The van der Waals surface area contributed by atoms with E-state index in [1.165, 1.54) is 0 Å². The molecular formula is C20H37NO7. The van der Waals surface area contributed by atoms with Crippen LogP contribution in [0.4, 0.5) is 0 Å². The van der Waals surface area contributed by atoms with Crippen LogP contribution in [0, 0.1) is 12.3 Å². The van der Waals surface area contributed by atoms with Gasteiger partial charge in [0.15, 0.2) is 0 Å². The molecule has 0 bridgehead atoms. The molecule has 1 aliphatic rings. The summed E-state index contributed by atoms with van der Waals surface area (Å²) >= 11 is 0. The van der Waals surface area contributed by atoms with Crippen LogP contribution in [0.15, 0.2) is 0 Å². The van der Waals surface area contributed by atoms with Crippen LogP contribution < -0.4 is 5.32 Å². The standard InChI is InChI=1S/C20H37NO7/c1-2-7-22-8-9-23-10-11-24-12-13-25-14-15-26-16-17-27-18-19-28-20-3-5-21-6-4-20/h1,20-21H,3-19H2. The Morgan fingerprint density at radius 3 is 1.43 bits per heavy atom. The molecule has 0 saturated carbocycles. The SMILES string of the molecule is C#CCOCCOCCOCCOCCOCCOCCOC1CCNCC1. The normalized spacial score (nSPS) is 15.0. The average molecular weight is 404 g/mol. The minimum Gasteiger partial charge on any atom is -0.377 e. The second kappa shape index (κ2) is 21.0. The zero-order valence-electron chi connectivity index (χ0n) is 17.0. The van der Waals surface area contributed by atoms with Gasteiger partial charge in [-0.25, -0.2) is 0 Å². The molecule has 0 atom stereocenters. The first-order valence-electron chi connectivity index (χ1n) is 10.2. The summed E-state index contributed by atoms with van der Waals surface area (Å²) in [5, 5.41) is 3.32. The number of hydrogen-bond donors (Lipinski definition) is 1. The van der Waals surface area contributed by atoms with Crippen LogP contribution in [-0.2, 0) is 33.2 Å². The zero-order chi connectivity index (χ0) is 20.0. The molecule has 28 heavy (non-hydrogen) atoms. The Balaban J connectivity index is 1.64. The van der Waals surface area contributed by atoms with E-state index >= 15 is 0 Å². The molecule has 0 unspecified atom stereocenters. The minimum absolute atomic E-state index is 0.321. The lowest BCUT2D eigenvalue weighted by atomic mass is 10.1. The molecule has 0 aliphatic carbocycles. The first-order chi connectivity index (χ1) is 13.9. The molecule has 1 rings (SSSR count). The molecule has 8 heteroatoms. The number of hydrogen-bond acceptors (Lipinski definition) is 8. The monoisotopic (exact) mass is 403 g/mol. The van der Waals surface area contributed by atoms with Crippen molar-refractivity contribution < 1.29 is 33.2 Å². The molecular weight excluding hydrogens is 366 g/mol. The van der Waals surface area contributed by atoms with Gasteiger partial charge in [0.25, 0.3) is 0 Å². The summed E-state index contributed by atoms with van der Waals surface area (Å²) in [6, 6.07) is 0. The van der Waals surface area contributed by atoms with E-state index in [9.17, 15) is 0 Å². The molecule has 1 fully saturated rings. The van der Waals surface area contributed by atoms with Gasteiger partial charge in [-0.1, -0.05) is 5.92 Å². The number of nitrogens with one attached hydrogen (secondary N) is 1. The molecule has 0 amide bonds. The van der Waals surface area contributed by atoms with Gasteiger partial charge in [0, 0.05) is 0 Å². The van der Waals surface area contributed by atoms with Crippen LogP contribution in [-0.4, -0.2) is 105 Å². The maximum atomic E-state index is 5.76. The Labute approximate surface area is 169 Å². The molecule has 0 aromatic heterocycles. The second-order valence-electron chi connectivity index (χ2n) is 6.14. The number of rotatable bonds is 20. The van der Waals surface area contributed by atoms with E-state index in [1.54, 1.807) is 0 Å². The maximum Gasteiger partial charge on any atom is 0.107 e. The molecule has 8 nitrogen and oxygen atoms in total. The highest BCUT2D eigenvalue weighted by Gasteiger charge is 2.12. The molecule has 1 heterocycles. The molecule has 0 aromatic rings. The number of terminal acetylenes is 1. The lowest BCUT2D eigenvalue weighted by Gasteiger charge is -2.22. The van der Waals surface area contributed by atoms with Gasteiger partial charge in [-0.2, -0.15) is 0 Å². The fourth-order valence-electron chi connectivity index (χ4n) is 2.47. The van der Waals surface area contributed by atoms with Gasteiger partial charge in [0.1, 0.15) is 6.61 Å². The largest absolute Gasteiger partial charge is 0.377 e. The van der Waals surface area contributed by atoms with Crippen molar-refractivity contribution in [2.24, 2.45) is 0 Å². The molecule has 0 spiro atoms. The third-order valence-electron chi connectivity index (χ3n) is 3.91. The van der Waals surface area contributed by atoms with Crippen LogP contribution in [0.25, 0.3) is 0 Å². The van der Waals surface area contributed by atoms with Crippen molar-refractivity contribution in [1.29, 1.82) is 0 Å². The molecule has 1 aliphatic heterocycles. The van der Waals surface area contributed by atoms with Crippen molar-refractivity contribution in [2.75, 3.05) is 99.0 Å². The summed E-state index contributed by atoms with van der Waals surface area (Å²) in [6.07, 6.45) is 7.62. The lowest BCUT2D eigenvalue weighted by molar-refractivity contribution is -0.0304. The van der Waals surface area contributed by atoms with E-state index in [0.717, 1.165) is 25.9 Å². The van der Waals surface area contributed by atoms with E-state index in [0.29, 0.717) is 92.0 Å². The summed E-state index contributed by atoms with van der Waals surface area (Å²) in [7, 11) is 0. The third kappa shape index (κ3) is 17.3. The van der Waals surface area contributed by atoms with Crippen molar-refractivity contribution >= 4 is 0 Å². The lowest BCUT2D eigenvalue weighted by Crippen LogP contribution is -2.33. The predicted octanol–water partition coefficient (Wildman–Crippen LogP) is 0.488. The van der Waals surface area contributed by atoms with Gasteiger partial charge in [-0.15, -0.1) is 6.42 Å². The van der Waals surface area contributed by atoms with Crippen LogP contribution in [0.2, 0.25) is 0 Å². The van der Waals surface area contributed by atoms with E-state index in [-0.39, 0.29) is 0 Å². The second-order valence-corrected chi connectivity index (χ2v) is 6.14. The highest BCUT2D eigenvalue weighted by Crippen LogP contribution is 2.06. The highest BCUT2D eigenvalue weighted by molar-refractivity contribution is 4.82. The quantitative estimate of drug-likeness (QED) is 0.233. The van der Waals surface area contributed by atoms with Crippen LogP contribution >= 0.6 is 0 Å². The van der Waals surface area contributed by atoms with Crippen molar-refractivity contribution in [3.63, 3.8) is 0 Å². The van der Waals surface area contributed by atoms with Gasteiger partial charge in [-0.3, -0.25) is 0 Å². The summed E-state index contributed by atoms with van der Waals surface area (Å²) in [6.45, 7) is 9.09. The van der Waals surface area contributed by atoms with Crippen molar-refractivity contribution in [2.45, 2.75) is 18.9 Å². The number of piperidine rings is 1. The van der Waals surface area contributed by atoms with E-state index in [2.05, 4.69) is 11.2 Å². The average Bonchev–Trinajstić information content (AvgIpc) is 2.73. The van der Waals surface area contributed by atoms with Crippen molar-refractivity contribution in [3.05, 3.63) is 0 Å². The first kappa shape index (κ1) is 25.3. The Kier molecular flexibility index (Phi) is 18.9. The zero-order valence-corrected chi connectivity index (χ0v) is 17.0. The first-order valence-corrected chi connectivity index (χ1v) is 10.2. The Morgan fingerprint density at radius 1 is 0.607 bits per heavy atom. The van der Waals surface area contributed by atoms with E-state index < -0.39 is 0 Å². The minimum atomic E-state index is 0.321. The summed E-state index contributed by atoms with van der Waals surface area (Å²) < 4.78 is 37.9. The van der Waals surface area contributed by atoms with Gasteiger partial charge < -0.3 is 38.5 Å². The van der Waals surface area contributed by atoms with Gasteiger partial charge >= 0.3 is 0 Å². The van der Waals surface area contributed by atoms with Crippen LogP contribution in [0.1, 0.15) is 12.8 Å². The highest BCUT2D eigenvalue weighted by atomic mass is 16.6. The number of ether oxygens (including phenoxy) is 7. The summed E-state index contributed by atoms with van der Waals surface area (Å²) in [5.74, 6) is 2.40. The van der Waals surface area contributed by atoms with E-state index in [4.69, 9.17) is 39.6 Å². The molecule has 164 valence electrons. The van der Waals surface area contributed by atoms with Gasteiger partial charge in [0.05, 0.1) is 85.4 Å². The third-order valence-corrected chi connectivity index (χ3v) is 3.91. The smallest absolute Gasteiger partial charge is 0.107 e. The topological polar surface area (TPSA) is 76.6 Å². The van der Waals surface area contributed by atoms with E-state index in [1.807, 2.05) is 0 Å². The maximum absolute atomic E-state index is 5.76. The fraction of sp³-hybridized carbons (Fsp3) is 0.900. The van der Waals surface area contributed by atoms with Gasteiger partial charge in [0.2, 0.25) is 0 Å². The summed E-state index contributed by atoms with van der Waals surface area (Å²) in [5.41, 5.74) is 0. The molecule has 1 saturated heterocycles. The van der Waals surface area contributed by atoms with Crippen molar-refractivity contribution in [3.8, 4) is 12.3 Å². The molecule has 0 radical (unpaired) electrons. The predicted molar refractivity (Wildman–Crippen MR) is 106 cm³/mol.